The summed E-state index contributed by atoms with van der Waals surface area (Å²) in [7, 11) is 0. The first kappa shape index (κ1) is 21.2. The molecule has 0 atom stereocenters. The Balaban J connectivity index is -0.000000166. The second-order valence-corrected chi connectivity index (χ2v) is 5.13. The molecule has 0 saturated carbocycles. The molecule has 0 aliphatic rings. The minimum atomic E-state index is -0.167. The molecule has 0 unspecified atom stereocenters. The van der Waals surface area contributed by atoms with Crippen molar-refractivity contribution in [1.82, 2.24) is 0 Å². The number of aliphatic hydroxyl groups is 1. The Morgan fingerprint density at radius 3 is 1.00 bits per heavy atom. The first-order chi connectivity index (χ1) is 7.13. The molecular weight excluding hydrogens is 200 g/mol. The first-order valence-electron chi connectivity index (χ1n) is 6.46. The van der Waals surface area contributed by atoms with E-state index in [-0.39, 0.29) is 6.10 Å². The second kappa shape index (κ2) is 14.9. The minimum Gasteiger partial charge on any atom is -0.394 e. The highest BCUT2D eigenvalue weighted by atomic mass is 16.5. The highest BCUT2D eigenvalue weighted by Crippen LogP contribution is 1.94. The molecule has 0 radical (unpaired) electrons. The monoisotopic (exact) mass is 234 g/mol. The van der Waals surface area contributed by atoms with E-state index < -0.39 is 0 Å². The van der Waals surface area contributed by atoms with E-state index in [0.717, 1.165) is 5.92 Å². The van der Waals surface area contributed by atoms with Gasteiger partial charge in [-0.3, -0.25) is 0 Å². The standard InChI is InChI=1S/C6H14O.C5H12.C3H8O/c1-5(2)7-6(3)4;1-4-5(2)3;1-3(2)4/h5-6H,1-4H3;5H,4H2,1-3H3;3-4H,1-2H3. The molecule has 1 N–H and O–H groups in total. The number of rotatable bonds is 3. The van der Waals surface area contributed by atoms with Gasteiger partial charge in [0.25, 0.3) is 0 Å². The zero-order valence-corrected chi connectivity index (χ0v) is 12.9. The van der Waals surface area contributed by atoms with Gasteiger partial charge in [-0.25, -0.2) is 0 Å². The third kappa shape index (κ3) is 66.3. The molecule has 0 aromatic heterocycles. The van der Waals surface area contributed by atoms with Crippen LogP contribution in [0, 0.1) is 5.92 Å². The average Bonchev–Trinajstić information content (AvgIpc) is 2.01. The van der Waals surface area contributed by atoms with Crippen molar-refractivity contribution < 1.29 is 9.84 Å². The van der Waals surface area contributed by atoms with Gasteiger partial charge in [0.2, 0.25) is 0 Å². The quantitative estimate of drug-likeness (QED) is 0.790. The summed E-state index contributed by atoms with van der Waals surface area (Å²) in [5.41, 5.74) is 0. The lowest BCUT2D eigenvalue weighted by molar-refractivity contribution is 0.0300. The Labute approximate surface area is 103 Å². The summed E-state index contributed by atoms with van der Waals surface area (Å²) >= 11 is 0. The molecule has 16 heavy (non-hydrogen) atoms. The zero-order valence-electron chi connectivity index (χ0n) is 12.9. The minimum absolute atomic E-state index is 0.167. The number of hydrogen-bond acceptors (Lipinski definition) is 2. The molecular formula is C14H34O2. The van der Waals surface area contributed by atoms with Crippen molar-refractivity contribution in [2.45, 2.75) is 87.0 Å². The van der Waals surface area contributed by atoms with E-state index in [9.17, 15) is 0 Å². The maximum atomic E-state index is 8.06. The fourth-order valence-electron chi connectivity index (χ4n) is 0.544. The third-order valence-electron chi connectivity index (χ3n) is 1.36. The van der Waals surface area contributed by atoms with Crippen molar-refractivity contribution in [1.29, 1.82) is 0 Å². The Bertz CT molecular complexity index is 98.5. The number of hydrogen-bond donors (Lipinski definition) is 1. The lowest BCUT2D eigenvalue weighted by atomic mass is 10.2. The Hall–Kier alpha value is -0.0800. The van der Waals surface area contributed by atoms with Crippen LogP contribution in [-0.4, -0.2) is 23.4 Å². The fourth-order valence-corrected chi connectivity index (χ4v) is 0.544. The molecule has 0 aliphatic carbocycles. The van der Waals surface area contributed by atoms with Crippen LogP contribution in [0.1, 0.15) is 68.7 Å². The predicted octanol–water partition coefficient (Wildman–Crippen LogP) is 4.26. The third-order valence-corrected chi connectivity index (χ3v) is 1.36. The summed E-state index contributed by atoms with van der Waals surface area (Å²) in [6.07, 6.45) is 1.89. The van der Waals surface area contributed by atoms with Gasteiger partial charge in [-0.1, -0.05) is 27.2 Å². The van der Waals surface area contributed by atoms with Gasteiger partial charge in [0, 0.05) is 6.10 Å². The summed E-state index contributed by atoms with van der Waals surface area (Å²) in [6, 6.07) is 0. The highest BCUT2D eigenvalue weighted by Gasteiger charge is 1.94. The summed E-state index contributed by atoms with van der Waals surface area (Å²) in [4.78, 5) is 0. The van der Waals surface area contributed by atoms with Gasteiger partial charge in [-0.05, 0) is 47.5 Å². The van der Waals surface area contributed by atoms with E-state index in [1.807, 2.05) is 27.7 Å². The Morgan fingerprint density at radius 2 is 1.00 bits per heavy atom. The normalized spacial score (nSPS) is 10.1. The molecule has 0 spiro atoms. The van der Waals surface area contributed by atoms with Crippen LogP contribution in [0.4, 0.5) is 0 Å². The SMILES string of the molecule is CC(C)O.CC(C)OC(C)C.CCC(C)C. The molecule has 0 rings (SSSR count). The zero-order chi connectivity index (χ0) is 13.7. The largest absolute Gasteiger partial charge is 0.394 e. The predicted molar refractivity (Wildman–Crippen MR) is 73.8 cm³/mol. The van der Waals surface area contributed by atoms with Crippen LogP contribution in [0.15, 0.2) is 0 Å². The van der Waals surface area contributed by atoms with Gasteiger partial charge in [-0.2, -0.15) is 0 Å². The topological polar surface area (TPSA) is 29.5 Å². The van der Waals surface area contributed by atoms with Gasteiger partial charge in [0.1, 0.15) is 0 Å². The summed E-state index contributed by atoms with van der Waals surface area (Å²) in [5.74, 6) is 0.884. The summed E-state index contributed by atoms with van der Waals surface area (Å²) in [6.45, 7) is 18.3. The van der Waals surface area contributed by atoms with Crippen molar-refractivity contribution in [2.75, 3.05) is 0 Å². The maximum absolute atomic E-state index is 8.06. The van der Waals surface area contributed by atoms with E-state index in [1.165, 1.54) is 6.42 Å². The number of ether oxygens (including phenoxy) is 1. The maximum Gasteiger partial charge on any atom is 0.0522 e. The van der Waals surface area contributed by atoms with Gasteiger partial charge in [0.05, 0.1) is 12.2 Å². The van der Waals surface area contributed by atoms with Crippen LogP contribution < -0.4 is 0 Å². The molecule has 0 aliphatic heterocycles. The van der Waals surface area contributed by atoms with Crippen LogP contribution in [-0.2, 0) is 4.74 Å². The lowest BCUT2D eigenvalue weighted by Crippen LogP contribution is -2.09. The average molecular weight is 234 g/mol. The lowest BCUT2D eigenvalue weighted by Gasteiger charge is -2.09. The van der Waals surface area contributed by atoms with Crippen molar-refractivity contribution in [3.63, 3.8) is 0 Å². The van der Waals surface area contributed by atoms with Crippen LogP contribution in [0.3, 0.4) is 0 Å². The van der Waals surface area contributed by atoms with E-state index in [2.05, 4.69) is 20.8 Å². The highest BCUT2D eigenvalue weighted by molar-refractivity contribution is 4.40. The molecule has 102 valence electrons. The fraction of sp³-hybridized carbons (Fsp3) is 1.00. The van der Waals surface area contributed by atoms with Crippen LogP contribution in [0.2, 0.25) is 0 Å². The van der Waals surface area contributed by atoms with Crippen LogP contribution in [0.25, 0.3) is 0 Å². The molecule has 2 heteroatoms. The molecule has 0 heterocycles. The van der Waals surface area contributed by atoms with Crippen LogP contribution in [0.5, 0.6) is 0 Å². The van der Waals surface area contributed by atoms with Gasteiger partial charge >= 0.3 is 0 Å². The molecule has 0 fully saturated rings. The first-order valence-corrected chi connectivity index (χ1v) is 6.46. The number of aliphatic hydroxyl groups excluding tert-OH is 1. The van der Waals surface area contributed by atoms with Crippen molar-refractivity contribution in [2.24, 2.45) is 5.92 Å². The summed E-state index contributed by atoms with van der Waals surface area (Å²) in [5, 5.41) is 8.06. The van der Waals surface area contributed by atoms with Gasteiger partial charge in [0.15, 0.2) is 0 Å². The van der Waals surface area contributed by atoms with Crippen molar-refractivity contribution >= 4 is 0 Å². The van der Waals surface area contributed by atoms with E-state index in [1.54, 1.807) is 13.8 Å². The van der Waals surface area contributed by atoms with Gasteiger partial charge < -0.3 is 9.84 Å². The van der Waals surface area contributed by atoms with E-state index >= 15 is 0 Å². The van der Waals surface area contributed by atoms with Crippen molar-refractivity contribution in [3.8, 4) is 0 Å². The smallest absolute Gasteiger partial charge is 0.0522 e. The van der Waals surface area contributed by atoms with E-state index in [0.29, 0.717) is 12.2 Å². The summed E-state index contributed by atoms with van der Waals surface area (Å²) < 4.78 is 5.25. The Kier molecular flexibility index (Phi) is 19.8. The molecule has 0 saturated heterocycles. The molecule has 0 aromatic carbocycles. The Morgan fingerprint density at radius 1 is 0.812 bits per heavy atom. The van der Waals surface area contributed by atoms with E-state index in [4.69, 9.17) is 9.84 Å². The molecule has 0 aromatic rings. The molecule has 0 amide bonds. The van der Waals surface area contributed by atoms with Crippen molar-refractivity contribution in [3.05, 3.63) is 0 Å². The molecule has 0 bridgehead atoms. The second-order valence-electron chi connectivity index (χ2n) is 5.13. The van der Waals surface area contributed by atoms with Crippen LogP contribution >= 0.6 is 0 Å². The van der Waals surface area contributed by atoms with Gasteiger partial charge in [-0.15, -0.1) is 0 Å². The molecule has 2 nitrogen and oxygen atoms in total.